The highest BCUT2D eigenvalue weighted by Gasteiger charge is 2.31. The maximum atomic E-state index is 10.3. The van der Waals surface area contributed by atoms with Gasteiger partial charge in [0, 0.05) is 0 Å². The van der Waals surface area contributed by atoms with E-state index in [0.29, 0.717) is 22.1 Å². The average molecular weight is 288 g/mol. The molecule has 0 radical (unpaired) electrons. The van der Waals surface area contributed by atoms with Gasteiger partial charge in [-0.1, -0.05) is 38.4 Å². The number of halogens is 1. The molecule has 0 aliphatic carbocycles. The highest BCUT2D eigenvalue weighted by atomic mass is 35.5. The van der Waals surface area contributed by atoms with E-state index in [1.165, 1.54) is 14.2 Å². The molecule has 0 spiro atoms. The highest BCUT2D eigenvalue weighted by Crippen LogP contribution is 2.41. The molecule has 108 valence electrons. The van der Waals surface area contributed by atoms with Crippen molar-refractivity contribution >= 4 is 11.6 Å². The summed E-state index contributed by atoms with van der Waals surface area (Å²) in [7, 11) is 3.05. The Bertz CT molecular complexity index is 443. The Balaban J connectivity index is 3.22. The Morgan fingerprint density at radius 3 is 2.21 bits per heavy atom. The Labute approximate surface area is 119 Å². The number of methoxy groups -OCH3 is 2. The van der Waals surface area contributed by atoms with Crippen LogP contribution < -0.4 is 15.2 Å². The van der Waals surface area contributed by atoms with Crippen LogP contribution in [0.25, 0.3) is 0 Å². The van der Waals surface area contributed by atoms with Crippen LogP contribution >= 0.6 is 11.6 Å². The van der Waals surface area contributed by atoms with Gasteiger partial charge in [-0.05, 0) is 17.0 Å². The lowest BCUT2D eigenvalue weighted by Crippen LogP contribution is -2.37. The summed E-state index contributed by atoms with van der Waals surface area (Å²) >= 11 is 6.29. The normalized spacial score (nSPS) is 14.9. The third kappa shape index (κ3) is 3.32. The molecule has 0 heterocycles. The summed E-state index contributed by atoms with van der Waals surface area (Å²) < 4.78 is 10.4. The van der Waals surface area contributed by atoms with E-state index < -0.39 is 12.1 Å². The summed E-state index contributed by atoms with van der Waals surface area (Å²) in [5, 5.41) is 10.6. The van der Waals surface area contributed by atoms with Gasteiger partial charge in [0.05, 0.1) is 31.4 Å². The first kappa shape index (κ1) is 16.1. The monoisotopic (exact) mass is 287 g/mol. The summed E-state index contributed by atoms with van der Waals surface area (Å²) in [6, 6.07) is 2.89. The molecular formula is C14H22ClNO3. The van der Waals surface area contributed by atoms with Crippen LogP contribution in [0.2, 0.25) is 5.02 Å². The number of hydrogen-bond acceptors (Lipinski definition) is 4. The highest BCUT2D eigenvalue weighted by molar-refractivity contribution is 6.33. The van der Waals surface area contributed by atoms with E-state index in [9.17, 15) is 5.11 Å². The second-order valence-electron chi connectivity index (χ2n) is 5.54. The fourth-order valence-electron chi connectivity index (χ4n) is 1.87. The van der Waals surface area contributed by atoms with Crippen LogP contribution in [-0.2, 0) is 0 Å². The molecule has 2 atom stereocenters. The molecule has 0 fully saturated rings. The second-order valence-corrected chi connectivity index (χ2v) is 5.92. The fraction of sp³-hybridized carbons (Fsp3) is 0.571. The zero-order valence-corrected chi connectivity index (χ0v) is 12.8. The predicted molar refractivity (Wildman–Crippen MR) is 76.9 cm³/mol. The van der Waals surface area contributed by atoms with Crippen LogP contribution in [0.15, 0.2) is 12.1 Å². The zero-order chi connectivity index (χ0) is 14.8. The molecule has 0 amide bonds. The molecule has 19 heavy (non-hydrogen) atoms. The van der Waals surface area contributed by atoms with Gasteiger partial charge in [-0.3, -0.25) is 0 Å². The number of aliphatic hydroxyl groups is 1. The number of hydrogen-bond donors (Lipinski definition) is 2. The first-order valence-electron chi connectivity index (χ1n) is 6.08. The molecule has 0 aliphatic rings. The summed E-state index contributed by atoms with van der Waals surface area (Å²) in [6.45, 7) is 5.77. The topological polar surface area (TPSA) is 64.7 Å². The number of ether oxygens (including phenoxy) is 2. The Morgan fingerprint density at radius 2 is 1.79 bits per heavy atom. The molecule has 0 bridgehead atoms. The number of rotatable bonds is 4. The van der Waals surface area contributed by atoms with Gasteiger partial charge in [0.2, 0.25) is 0 Å². The van der Waals surface area contributed by atoms with Gasteiger partial charge < -0.3 is 20.3 Å². The van der Waals surface area contributed by atoms with Crippen LogP contribution in [0.4, 0.5) is 0 Å². The molecule has 0 saturated carbocycles. The second kappa shape index (κ2) is 5.99. The standard InChI is InChI=1S/C14H22ClNO3/c1-14(2,3)13(17)11(16)8-6-7-9(18-4)12(19-5)10(8)15/h6-7,11,13,17H,16H2,1-5H3/t11-,13-/m0/s1. The van der Waals surface area contributed by atoms with Gasteiger partial charge >= 0.3 is 0 Å². The first-order chi connectivity index (χ1) is 8.73. The van der Waals surface area contributed by atoms with Gasteiger partial charge in [-0.25, -0.2) is 0 Å². The molecule has 0 saturated heterocycles. The van der Waals surface area contributed by atoms with Gasteiger partial charge in [-0.2, -0.15) is 0 Å². The Kier molecular flexibility index (Phi) is 5.07. The van der Waals surface area contributed by atoms with Crippen molar-refractivity contribution in [2.24, 2.45) is 11.1 Å². The van der Waals surface area contributed by atoms with Crippen LogP contribution in [0.3, 0.4) is 0 Å². The molecule has 4 nitrogen and oxygen atoms in total. The maximum absolute atomic E-state index is 10.3. The number of nitrogens with two attached hydrogens (primary N) is 1. The SMILES string of the molecule is COc1ccc([C@H](N)[C@H](O)C(C)(C)C)c(Cl)c1OC. The molecule has 0 aliphatic heterocycles. The van der Waals surface area contributed by atoms with Crippen molar-refractivity contribution in [2.75, 3.05) is 14.2 Å². The number of aliphatic hydroxyl groups excluding tert-OH is 1. The van der Waals surface area contributed by atoms with E-state index >= 15 is 0 Å². The molecule has 1 aromatic rings. The van der Waals surface area contributed by atoms with Crippen molar-refractivity contribution < 1.29 is 14.6 Å². The van der Waals surface area contributed by atoms with Crippen LogP contribution in [-0.4, -0.2) is 25.4 Å². The van der Waals surface area contributed by atoms with Gasteiger partial charge in [-0.15, -0.1) is 0 Å². The minimum atomic E-state index is -0.719. The molecular weight excluding hydrogens is 266 g/mol. The summed E-state index contributed by atoms with van der Waals surface area (Å²) in [5.74, 6) is 0.965. The minimum Gasteiger partial charge on any atom is -0.493 e. The van der Waals surface area contributed by atoms with Crippen LogP contribution in [0.5, 0.6) is 11.5 Å². The first-order valence-corrected chi connectivity index (χ1v) is 6.45. The molecule has 1 rings (SSSR count). The molecule has 1 aromatic carbocycles. The Hall–Kier alpha value is -0.970. The van der Waals surface area contributed by atoms with Gasteiger partial charge in [0.25, 0.3) is 0 Å². The summed E-state index contributed by atoms with van der Waals surface area (Å²) in [6.07, 6.45) is -0.719. The maximum Gasteiger partial charge on any atom is 0.179 e. The van der Waals surface area contributed by atoms with E-state index in [1.54, 1.807) is 12.1 Å². The van der Waals surface area contributed by atoms with Crippen LogP contribution in [0.1, 0.15) is 32.4 Å². The molecule has 0 unspecified atom stereocenters. The lowest BCUT2D eigenvalue weighted by atomic mass is 9.82. The van der Waals surface area contributed by atoms with E-state index in [1.807, 2.05) is 20.8 Å². The van der Waals surface area contributed by atoms with Crippen LogP contribution in [0, 0.1) is 5.41 Å². The minimum absolute atomic E-state index is 0.337. The van der Waals surface area contributed by atoms with Gasteiger partial charge in [0.15, 0.2) is 11.5 Å². The van der Waals surface area contributed by atoms with E-state index in [4.69, 9.17) is 26.8 Å². The van der Waals surface area contributed by atoms with Gasteiger partial charge in [0.1, 0.15) is 0 Å². The largest absolute Gasteiger partial charge is 0.493 e. The lowest BCUT2D eigenvalue weighted by molar-refractivity contribution is 0.0400. The molecule has 3 N–H and O–H groups in total. The van der Waals surface area contributed by atoms with Crippen molar-refractivity contribution in [3.8, 4) is 11.5 Å². The third-order valence-corrected chi connectivity index (χ3v) is 3.49. The van der Waals surface area contributed by atoms with Crippen molar-refractivity contribution in [3.63, 3.8) is 0 Å². The molecule has 0 aromatic heterocycles. The quantitative estimate of drug-likeness (QED) is 0.894. The Morgan fingerprint density at radius 1 is 1.21 bits per heavy atom. The smallest absolute Gasteiger partial charge is 0.179 e. The number of benzene rings is 1. The lowest BCUT2D eigenvalue weighted by Gasteiger charge is -2.31. The van der Waals surface area contributed by atoms with E-state index in [-0.39, 0.29) is 5.41 Å². The van der Waals surface area contributed by atoms with Crippen molar-refractivity contribution in [3.05, 3.63) is 22.7 Å². The van der Waals surface area contributed by atoms with Crippen molar-refractivity contribution in [1.29, 1.82) is 0 Å². The third-order valence-electron chi connectivity index (χ3n) is 3.10. The summed E-state index contributed by atoms with van der Waals surface area (Å²) in [5.41, 5.74) is 6.41. The predicted octanol–water partition coefficient (Wildman–Crippen LogP) is 2.76. The molecule has 5 heteroatoms. The van der Waals surface area contributed by atoms with E-state index in [2.05, 4.69) is 0 Å². The van der Waals surface area contributed by atoms with E-state index in [0.717, 1.165) is 0 Å². The van der Waals surface area contributed by atoms with Crippen molar-refractivity contribution in [1.82, 2.24) is 0 Å². The summed E-state index contributed by atoms with van der Waals surface area (Å²) in [4.78, 5) is 0. The van der Waals surface area contributed by atoms with Crippen molar-refractivity contribution in [2.45, 2.75) is 32.9 Å². The fourth-order valence-corrected chi connectivity index (χ4v) is 2.23. The average Bonchev–Trinajstić information content (AvgIpc) is 2.35. The zero-order valence-electron chi connectivity index (χ0n) is 12.0.